The quantitative estimate of drug-likeness (QED) is 0.621. The molecule has 1 fully saturated rings. The van der Waals surface area contributed by atoms with Crippen molar-refractivity contribution in [3.8, 4) is 0 Å². The van der Waals surface area contributed by atoms with Crippen molar-refractivity contribution in [1.29, 1.82) is 0 Å². The van der Waals surface area contributed by atoms with Gasteiger partial charge >= 0.3 is 0 Å². The molecule has 0 bridgehead atoms. The lowest BCUT2D eigenvalue weighted by atomic mass is 10.1. The number of aromatic nitrogens is 2. The van der Waals surface area contributed by atoms with Crippen LogP contribution in [0.15, 0.2) is 48.7 Å². The maximum absolute atomic E-state index is 13.4. The first-order valence-electron chi connectivity index (χ1n) is 9.55. The molecule has 0 saturated carbocycles. The molecular weight excluding hydrogens is 398 g/mol. The number of carbonyl (C=O) groups is 1. The van der Waals surface area contributed by atoms with Crippen molar-refractivity contribution >= 4 is 23.0 Å². The standard InChI is InChI=1S/C21H21ClF2N4O/c22-16-5-3-4-15(12-16)13-25-20(29)19-17-6-1-2-9-28(17)18(26-19)14-27-10-7-21(23,24)8-11-27/h1-6,9,12H,7-8,10-11,13-14H2,(H,25,29)/p+1. The molecule has 0 spiro atoms. The number of aromatic amines is 1. The van der Waals surface area contributed by atoms with Crippen LogP contribution in [-0.4, -0.2) is 34.8 Å². The molecule has 0 aliphatic carbocycles. The molecule has 3 aromatic rings. The number of nitrogens with one attached hydrogen (secondary N) is 2. The maximum Gasteiger partial charge on any atom is 0.295 e. The highest BCUT2D eigenvalue weighted by Gasteiger charge is 2.35. The van der Waals surface area contributed by atoms with Gasteiger partial charge in [0.2, 0.25) is 5.69 Å². The average Bonchev–Trinajstić information content (AvgIpc) is 3.07. The van der Waals surface area contributed by atoms with Crippen LogP contribution in [0.5, 0.6) is 0 Å². The highest BCUT2D eigenvalue weighted by molar-refractivity contribution is 6.30. The second-order valence-electron chi connectivity index (χ2n) is 7.35. The van der Waals surface area contributed by atoms with E-state index in [1.165, 1.54) is 0 Å². The third kappa shape index (κ3) is 4.57. The van der Waals surface area contributed by atoms with Gasteiger partial charge in [0.05, 0.1) is 6.20 Å². The third-order valence-electron chi connectivity index (χ3n) is 5.21. The van der Waals surface area contributed by atoms with Crippen LogP contribution in [0, 0.1) is 0 Å². The summed E-state index contributed by atoms with van der Waals surface area (Å²) in [6.07, 6.45) is 1.60. The Kier molecular flexibility index (Phi) is 5.52. The molecule has 8 heteroatoms. The molecular formula is C21H22ClF2N4O+. The number of rotatable bonds is 5. The highest BCUT2D eigenvalue weighted by atomic mass is 35.5. The van der Waals surface area contributed by atoms with Crippen LogP contribution in [0.4, 0.5) is 8.78 Å². The van der Waals surface area contributed by atoms with Crippen molar-refractivity contribution in [2.75, 3.05) is 13.1 Å². The Morgan fingerprint density at radius 3 is 2.76 bits per heavy atom. The summed E-state index contributed by atoms with van der Waals surface area (Å²) in [4.78, 5) is 18.0. The van der Waals surface area contributed by atoms with E-state index in [-0.39, 0.29) is 18.7 Å². The van der Waals surface area contributed by atoms with Gasteiger partial charge in [0.25, 0.3) is 17.7 Å². The van der Waals surface area contributed by atoms with E-state index in [9.17, 15) is 13.6 Å². The predicted molar refractivity (Wildman–Crippen MR) is 106 cm³/mol. The Morgan fingerprint density at radius 1 is 1.21 bits per heavy atom. The topological polar surface area (TPSA) is 52.2 Å². The molecule has 1 aliphatic heterocycles. The number of pyridine rings is 1. The van der Waals surface area contributed by atoms with Gasteiger partial charge in [-0.05, 0) is 29.8 Å². The normalized spacial score (nSPS) is 16.8. The number of H-pyrrole nitrogens is 1. The fourth-order valence-electron chi connectivity index (χ4n) is 3.61. The van der Waals surface area contributed by atoms with Gasteiger partial charge in [-0.15, -0.1) is 0 Å². The minimum Gasteiger partial charge on any atom is -0.345 e. The lowest BCUT2D eigenvalue weighted by molar-refractivity contribution is -0.523. The number of fused-ring (bicyclic) bond motifs is 1. The maximum atomic E-state index is 13.4. The molecule has 1 aromatic carbocycles. The zero-order chi connectivity index (χ0) is 20.4. The lowest BCUT2D eigenvalue weighted by Crippen LogP contribution is -2.40. The SMILES string of the molecule is O=C(NCc1cccc(Cl)c1)c1[nH]c(CN2CCC(F)(F)CC2)[n+]2ccccc12. The van der Waals surface area contributed by atoms with Gasteiger partial charge in [-0.25, -0.2) is 13.8 Å². The molecule has 0 atom stereocenters. The van der Waals surface area contributed by atoms with Crippen molar-refractivity contribution in [2.45, 2.75) is 31.9 Å². The Morgan fingerprint density at radius 2 is 2.00 bits per heavy atom. The summed E-state index contributed by atoms with van der Waals surface area (Å²) in [6.45, 7) is 1.49. The Labute approximate surface area is 172 Å². The number of hydrogen-bond donors (Lipinski definition) is 2. The van der Waals surface area contributed by atoms with Crippen molar-refractivity contribution in [3.05, 3.63) is 70.8 Å². The fourth-order valence-corrected chi connectivity index (χ4v) is 3.82. The van der Waals surface area contributed by atoms with Crippen LogP contribution in [-0.2, 0) is 13.1 Å². The number of alkyl halides is 2. The Balaban J connectivity index is 1.51. The summed E-state index contributed by atoms with van der Waals surface area (Å²) in [5.74, 6) is -2.02. The summed E-state index contributed by atoms with van der Waals surface area (Å²) < 4.78 is 28.8. The molecule has 2 aromatic heterocycles. The predicted octanol–water partition coefficient (Wildman–Crippen LogP) is 3.57. The summed E-state index contributed by atoms with van der Waals surface area (Å²) in [5.41, 5.74) is 2.10. The van der Waals surface area contributed by atoms with Crippen LogP contribution in [0.1, 0.15) is 34.7 Å². The van der Waals surface area contributed by atoms with E-state index in [0.717, 1.165) is 16.9 Å². The molecule has 1 amide bonds. The summed E-state index contributed by atoms with van der Waals surface area (Å²) in [5, 5.41) is 3.53. The second kappa shape index (κ2) is 8.08. The number of amides is 1. The Bertz CT molecular complexity index is 1030. The summed E-state index contributed by atoms with van der Waals surface area (Å²) >= 11 is 6.00. The van der Waals surface area contributed by atoms with E-state index in [4.69, 9.17) is 11.6 Å². The molecule has 0 unspecified atom stereocenters. The zero-order valence-electron chi connectivity index (χ0n) is 15.8. The van der Waals surface area contributed by atoms with E-state index >= 15 is 0 Å². The number of carbonyl (C=O) groups excluding carboxylic acids is 1. The number of nitrogens with zero attached hydrogens (tertiary/aromatic N) is 2. The Hall–Kier alpha value is -2.51. The molecule has 152 valence electrons. The minimum absolute atomic E-state index is 0.136. The first kappa shape index (κ1) is 19.8. The van der Waals surface area contributed by atoms with Gasteiger partial charge in [-0.2, -0.15) is 4.40 Å². The minimum atomic E-state index is -2.58. The lowest BCUT2D eigenvalue weighted by Gasteiger charge is -2.30. The molecule has 5 nitrogen and oxygen atoms in total. The first-order chi connectivity index (χ1) is 13.9. The van der Waals surface area contributed by atoms with Gasteiger partial charge in [0, 0.05) is 37.5 Å². The van der Waals surface area contributed by atoms with Crippen LogP contribution in [0.3, 0.4) is 0 Å². The van der Waals surface area contributed by atoms with Gasteiger partial charge in [0.15, 0.2) is 5.52 Å². The van der Waals surface area contributed by atoms with Gasteiger partial charge in [-0.1, -0.05) is 29.8 Å². The molecule has 1 saturated heterocycles. The second-order valence-corrected chi connectivity index (χ2v) is 7.78. The van der Waals surface area contributed by atoms with Crippen molar-refractivity contribution < 1.29 is 18.0 Å². The number of benzene rings is 1. The van der Waals surface area contributed by atoms with Crippen molar-refractivity contribution in [2.24, 2.45) is 0 Å². The largest absolute Gasteiger partial charge is 0.345 e. The first-order valence-corrected chi connectivity index (χ1v) is 9.93. The van der Waals surface area contributed by atoms with Gasteiger partial charge in [-0.3, -0.25) is 9.69 Å². The van der Waals surface area contributed by atoms with Crippen LogP contribution >= 0.6 is 11.6 Å². The van der Waals surface area contributed by atoms with E-state index in [2.05, 4.69) is 10.3 Å². The van der Waals surface area contributed by atoms with Crippen LogP contribution < -0.4 is 9.72 Å². The molecule has 4 rings (SSSR count). The molecule has 29 heavy (non-hydrogen) atoms. The smallest absolute Gasteiger partial charge is 0.295 e. The molecule has 1 aliphatic rings. The molecule has 2 N–H and O–H groups in total. The van der Waals surface area contributed by atoms with Crippen LogP contribution in [0.2, 0.25) is 5.02 Å². The number of halogens is 3. The number of hydrogen-bond acceptors (Lipinski definition) is 2. The van der Waals surface area contributed by atoms with Gasteiger partial charge < -0.3 is 5.32 Å². The number of likely N-dealkylation sites (tertiary alicyclic amines) is 1. The zero-order valence-corrected chi connectivity index (χ0v) is 16.6. The van der Waals surface area contributed by atoms with Gasteiger partial charge in [0.1, 0.15) is 6.54 Å². The van der Waals surface area contributed by atoms with Crippen LogP contribution in [0.25, 0.3) is 5.52 Å². The molecule has 0 radical (unpaired) electrons. The average molecular weight is 420 g/mol. The van der Waals surface area contributed by atoms with E-state index in [1.807, 2.05) is 45.8 Å². The number of imidazole rings is 1. The summed E-state index contributed by atoms with van der Waals surface area (Å²) in [6, 6.07) is 12.9. The summed E-state index contributed by atoms with van der Waals surface area (Å²) in [7, 11) is 0. The molecule has 3 heterocycles. The van der Waals surface area contributed by atoms with Crippen molar-refractivity contribution in [1.82, 2.24) is 15.2 Å². The third-order valence-corrected chi connectivity index (χ3v) is 5.44. The van der Waals surface area contributed by atoms with E-state index in [1.54, 1.807) is 12.1 Å². The monoisotopic (exact) mass is 419 g/mol. The number of piperidine rings is 1. The fraction of sp³-hybridized carbons (Fsp3) is 0.333. The van der Waals surface area contributed by atoms with E-state index < -0.39 is 5.92 Å². The highest BCUT2D eigenvalue weighted by Crippen LogP contribution is 2.28. The van der Waals surface area contributed by atoms with Crippen molar-refractivity contribution in [3.63, 3.8) is 0 Å². The van der Waals surface area contributed by atoms with E-state index in [0.29, 0.717) is 36.9 Å².